The van der Waals surface area contributed by atoms with Gasteiger partial charge in [-0.3, -0.25) is 4.98 Å². The average Bonchev–Trinajstić information content (AvgIpc) is 2.81. The first-order valence-electron chi connectivity index (χ1n) is 11.1. The van der Waals surface area contributed by atoms with Gasteiger partial charge in [-0.05, 0) is 48.2 Å². The molecule has 2 atom stereocenters. The van der Waals surface area contributed by atoms with Gasteiger partial charge in [0.15, 0.2) is 0 Å². The van der Waals surface area contributed by atoms with Crippen LogP contribution in [-0.4, -0.2) is 17.1 Å². The summed E-state index contributed by atoms with van der Waals surface area (Å²) in [4.78, 5) is 4.35. The molecule has 30 heavy (non-hydrogen) atoms. The SMILES string of the molecule is c1ccc(N[C@H]2CCCC[C@H]2NCc2ccc(CNCc3ccccn3)cc2)cc1. The fourth-order valence-corrected chi connectivity index (χ4v) is 4.16. The Morgan fingerprint density at radius 1 is 0.700 bits per heavy atom. The number of anilines is 1. The van der Waals surface area contributed by atoms with E-state index in [9.17, 15) is 0 Å². The van der Waals surface area contributed by atoms with Crippen molar-refractivity contribution >= 4 is 5.69 Å². The monoisotopic (exact) mass is 400 g/mol. The smallest absolute Gasteiger partial charge is 0.0541 e. The van der Waals surface area contributed by atoms with Gasteiger partial charge in [-0.15, -0.1) is 0 Å². The third-order valence-electron chi connectivity index (χ3n) is 5.84. The van der Waals surface area contributed by atoms with Gasteiger partial charge < -0.3 is 16.0 Å². The second-order valence-electron chi connectivity index (χ2n) is 8.13. The lowest BCUT2D eigenvalue weighted by molar-refractivity contribution is 0.342. The maximum absolute atomic E-state index is 4.35. The molecule has 1 heterocycles. The summed E-state index contributed by atoms with van der Waals surface area (Å²) in [6.07, 6.45) is 6.92. The molecule has 1 saturated carbocycles. The molecule has 0 unspecified atom stereocenters. The van der Waals surface area contributed by atoms with Crippen molar-refractivity contribution in [1.29, 1.82) is 0 Å². The molecule has 0 saturated heterocycles. The molecule has 1 fully saturated rings. The molecule has 0 bridgehead atoms. The topological polar surface area (TPSA) is 49.0 Å². The number of rotatable bonds is 9. The molecule has 4 rings (SSSR count). The zero-order valence-electron chi connectivity index (χ0n) is 17.6. The van der Waals surface area contributed by atoms with Crippen LogP contribution in [0.4, 0.5) is 5.69 Å². The molecule has 3 N–H and O–H groups in total. The van der Waals surface area contributed by atoms with E-state index in [4.69, 9.17) is 0 Å². The minimum atomic E-state index is 0.496. The summed E-state index contributed by atoms with van der Waals surface area (Å²) in [6, 6.07) is 26.6. The second-order valence-corrected chi connectivity index (χ2v) is 8.13. The van der Waals surface area contributed by atoms with E-state index < -0.39 is 0 Å². The molecule has 2 aromatic carbocycles. The molecular formula is C26H32N4. The van der Waals surface area contributed by atoms with Crippen LogP contribution in [0.2, 0.25) is 0 Å². The van der Waals surface area contributed by atoms with Crippen LogP contribution in [0.15, 0.2) is 79.0 Å². The maximum atomic E-state index is 4.35. The van der Waals surface area contributed by atoms with Crippen LogP contribution in [0.25, 0.3) is 0 Å². The molecule has 4 nitrogen and oxygen atoms in total. The van der Waals surface area contributed by atoms with Gasteiger partial charge in [0.1, 0.15) is 0 Å². The highest BCUT2D eigenvalue weighted by Gasteiger charge is 2.24. The summed E-state index contributed by atoms with van der Waals surface area (Å²) < 4.78 is 0. The minimum Gasteiger partial charge on any atom is -0.381 e. The van der Waals surface area contributed by atoms with Gasteiger partial charge in [0, 0.05) is 43.6 Å². The molecule has 1 aromatic heterocycles. The minimum absolute atomic E-state index is 0.496. The maximum Gasteiger partial charge on any atom is 0.0541 e. The van der Waals surface area contributed by atoms with Gasteiger partial charge in [0.05, 0.1) is 5.69 Å². The summed E-state index contributed by atoms with van der Waals surface area (Å²) in [5.41, 5.74) is 4.94. The van der Waals surface area contributed by atoms with Crippen LogP contribution in [0.3, 0.4) is 0 Å². The Labute approximate surface area is 180 Å². The standard InChI is InChI=1S/C26H32N4/c1-2-8-23(9-3-1)30-26-12-5-4-11-25(26)29-19-22-15-13-21(14-16-22)18-27-20-24-10-6-7-17-28-24/h1-3,6-10,13-17,25-27,29-30H,4-5,11-12,18-20H2/t25-,26+/m1/s1. The van der Waals surface area contributed by atoms with Gasteiger partial charge >= 0.3 is 0 Å². The Balaban J connectivity index is 1.24. The van der Waals surface area contributed by atoms with E-state index in [1.807, 2.05) is 24.4 Å². The Hall–Kier alpha value is -2.69. The largest absolute Gasteiger partial charge is 0.381 e. The predicted octanol–water partition coefficient (Wildman–Crippen LogP) is 4.88. The number of pyridine rings is 1. The summed E-state index contributed by atoms with van der Waals surface area (Å²) in [6.45, 7) is 2.57. The number of para-hydroxylation sites is 1. The van der Waals surface area contributed by atoms with Gasteiger partial charge in [0.2, 0.25) is 0 Å². The van der Waals surface area contributed by atoms with E-state index in [0.717, 1.165) is 25.3 Å². The molecule has 1 aliphatic rings. The van der Waals surface area contributed by atoms with E-state index in [1.165, 1.54) is 42.5 Å². The van der Waals surface area contributed by atoms with Crippen molar-refractivity contribution in [1.82, 2.24) is 15.6 Å². The van der Waals surface area contributed by atoms with Crippen LogP contribution in [0, 0.1) is 0 Å². The fraction of sp³-hybridized carbons (Fsp3) is 0.346. The van der Waals surface area contributed by atoms with Crippen molar-refractivity contribution in [2.45, 2.75) is 57.4 Å². The summed E-state index contributed by atoms with van der Waals surface area (Å²) in [5.74, 6) is 0. The van der Waals surface area contributed by atoms with Crippen molar-refractivity contribution in [3.05, 3.63) is 95.8 Å². The Bertz CT molecular complexity index is 865. The summed E-state index contributed by atoms with van der Waals surface area (Å²) >= 11 is 0. The normalized spacial score (nSPS) is 18.8. The van der Waals surface area contributed by atoms with Crippen LogP contribution in [-0.2, 0) is 19.6 Å². The molecule has 0 radical (unpaired) electrons. The highest BCUT2D eigenvalue weighted by molar-refractivity contribution is 5.44. The highest BCUT2D eigenvalue weighted by atomic mass is 15.0. The summed E-state index contributed by atoms with van der Waals surface area (Å²) in [5, 5.41) is 11.0. The molecule has 0 aliphatic heterocycles. The third-order valence-corrected chi connectivity index (χ3v) is 5.84. The number of aromatic nitrogens is 1. The van der Waals surface area contributed by atoms with Crippen LogP contribution >= 0.6 is 0 Å². The van der Waals surface area contributed by atoms with Crippen molar-refractivity contribution in [2.24, 2.45) is 0 Å². The van der Waals surface area contributed by atoms with Crippen LogP contribution in [0.1, 0.15) is 42.5 Å². The molecule has 0 amide bonds. The Morgan fingerprint density at radius 2 is 1.40 bits per heavy atom. The Kier molecular flexibility index (Phi) is 7.48. The van der Waals surface area contributed by atoms with Gasteiger partial charge in [-0.1, -0.05) is 61.4 Å². The van der Waals surface area contributed by atoms with Gasteiger partial charge in [-0.2, -0.15) is 0 Å². The highest BCUT2D eigenvalue weighted by Crippen LogP contribution is 2.22. The van der Waals surface area contributed by atoms with E-state index in [2.05, 4.69) is 75.5 Å². The number of nitrogens with one attached hydrogen (secondary N) is 3. The van der Waals surface area contributed by atoms with Crippen molar-refractivity contribution in [3.63, 3.8) is 0 Å². The Morgan fingerprint density at radius 3 is 2.13 bits per heavy atom. The quantitative estimate of drug-likeness (QED) is 0.479. The van der Waals surface area contributed by atoms with Crippen molar-refractivity contribution in [2.75, 3.05) is 5.32 Å². The molecule has 4 heteroatoms. The number of nitrogens with zero attached hydrogens (tertiary/aromatic N) is 1. The third kappa shape index (κ3) is 6.15. The number of benzene rings is 2. The van der Waals surface area contributed by atoms with Gasteiger partial charge in [0.25, 0.3) is 0 Å². The second kappa shape index (κ2) is 10.9. The molecule has 3 aromatic rings. The van der Waals surface area contributed by atoms with Crippen LogP contribution < -0.4 is 16.0 Å². The first-order chi connectivity index (χ1) is 14.9. The lowest BCUT2D eigenvalue weighted by Gasteiger charge is -2.33. The van der Waals surface area contributed by atoms with E-state index in [0.29, 0.717) is 12.1 Å². The first kappa shape index (κ1) is 20.6. The molecule has 156 valence electrons. The zero-order valence-corrected chi connectivity index (χ0v) is 17.6. The van der Waals surface area contributed by atoms with Crippen LogP contribution in [0.5, 0.6) is 0 Å². The molecular weight excluding hydrogens is 368 g/mol. The molecule has 1 aliphatic carbocycles. The summed E-state index contributed by atoms with van der Waals surface area (Å²) in [7, 11) is 0. The lowest BCUT2D eigenvalue weighted by Crippen LogP contribution is -2.45. The van der Waals surface area contributed by atoms with Crippen molar-refractivity contribution < 1.29 is 0 Å². The first-order valence-corrected chi connectivity index (χ1v) is 11.1. The average molecular weight is 401 g/mol. The van der Waals surface area contributed by atoms with Gasteiger partial charge in [-0.25, -0.2) is 0 Å². The van der Waals surface area contributed by atoms with Crippen molar-refractivity contribution in [3.8, 4) is 0 Å². The molecule has 0 spiro atoms. The lowest BCUT2D eigenvalue weighted by atomic mass is 9.90. The predicted molar refractivity (Wildman–Crippen MR) is 124 cm³/mol. The zero-order chi connectivity index (χ0) is 20.4. The van der Waals surface area contributed by atoms with E-state index >= 15 is 0 Å². The fourth-order valence-electron chi connectivity index (χ4n) is 4.16. The number of hydrogen-bond acceptors (Lipinski definition) is 4. The van der Waals surface area contributed by atoms with E-state index in [1.54, 1.807) is 0 Å². The van der Waals surface area contributed by atoms with E-state index in [-0.39, 0.29) is 0 Å². The number of hydrogen-bond donors (Lipinski definition) is 3.